The highest BCUT2D eigenvalue weighted by Crippen LogP contribution is 2.23. The summed E-state index contributed by atoms with van der Waals surface area (Å²) in [6.45, 7) is 5.65. The molecule has 0 amide bonds. The van der Waals surface area contributed by atoms with Gasteiger partial charge in [-0.05, 0) is 31.8 Å². The summed E-state index contributed by atoms with van der Waals surface area (Å²) in [6, 6.07) is 0. The van der Waals surface area contributed by atoms with Gasteiger partial charge in [0.1, 0.15) is 0 Å². The summed E-state index contributed by atoms with van der Waals surface area (Å²) < 4.78 is 35.2. The molecular formula is C9H18F3N. The number of halogens is 3. The van der Waals surface area contributed by atoms with Gasteiger partial charge in [0.25, 0.3) is 0 Å². The first kappa shape index (κ1) is 12.8. The zero-order valence-electron chi connectivity index (χ0n) is 8.25. The molecule has 0 aromatic heterocycles. The number of hydrogen-bond acceptors (Lipinski definition) is 1. The minimum absolute atomic E-state index is 0.246. The molecule has 1 N–H and O–H groups in total. The third kappa shape index (κ3) is 9.67. The number of nitrogens with one attached hydrogen (secondary N) is 1. The van der Waals surface area contributed by atoms with Crippen molar-refractivity contribution in [1.29, 1.82) is 0 Å². The minimum Gasteiger partial charge on any atom is -0.317 e. The summed E-state index contributed by atoms with van der Waals surface area (Å²) in [6.07, 6.45) is -3.75. The molecular weight excluding hydrogens is 179 g/mol. The van der Waals surface area contributed by atoms with Crippen molar-refractivity contribution in [2.24, 2.45) is 5.92 Å². The lowest BCUT2D eigenvalue weighted by atomic mass is 10.0. The third-order valence-electron chi connectivity index (χ3n) is 1.90. The van der Waals surface area contributed by atoms with Crippen molar-refractivity contribution in [3.05, 3.63) is 0 Å². The van der Waals surface area contributed by atoms with Gasteiger partial charge in [0.05, 0.1) is 0 Å². The molecule has 13 heavy (non-hydrogen) atoms. The quantitative estimate of drug-likeness (QED) is 0.690. The molecule has 0 fully saturated rings. The number of rotatable bonds is 6. The first-order valence-electron chi connectivity index (χ1n) is 4.73. The molecule has 0 radical (unpaired) electrons. The summed E-state index contributed by atoms with van der Waals surface area (Å²) in [5.41, 5.74) is 0. The van der Waals surface area contributed by atoms with Gasteiger partial charge >= 0.3 is 6.18 Å². The Morgan fingerprint density at radius 1 is 1.31 bits per heavy atom. The van der Waals surface area contributed by atoms with Crippen LogP contribution in [0.2, 0.25) is 0 Å². The molecule has 0 saturated heterocycles. The summed E-state index contributed by atoms with van der Waals surface area (Å²) in [7, 11) is 0. The number of hydrogen-bond donors (Lipinski definition) is 1. The lowest BCUT2D eigenvalue weighted by Crippen LogP contribution is -2.20. The van der Waals surface area contributed by atoms with E-state index in [0.717, 1.165) is 13.1 Å². The topological polar surface area (TPSA) is 12.0 Å². The Labute approximate surface area is 77.7 Å². The van der Waals surface area contributed by atoms with E-state index in [0.29, 0.717) is 12.3 Å². The Morgan fingerprint density at radius 3 is 2.38 bits per heavy atom. The molecule has 0 saturated carbocycles. The van der Waals surface area contributed by atoms with Gasteiger partial charge in [-0.2, -0.15) is 13.2 Å². The molecule has 0 spiro atoms. The first-order chi connectivity index (χ1) is 5.95. The van der Waals surface area contributed by atoms with E-state index >= 15 is 0 Å². The fourth-order valence-corrected chi connectivity index (χ4v) is 1.14. The smallest absolute Gasteiger partial charge is 0.317 e. The largest absolute Gasteiger partial charge is 0.389 e. The second-order valence-electron chi connectivity index (χ2n) is 3.42. The summed E-state index contributed by atoms with van der Waals surface area (Å²) in [5.74, 6) is 0.335. The molecule has 1 nitrogen and oxygen atoms in total. The van der Waals surface area contributed by atoms with E-state index in [1.807, 2.05) is 13.8 Å². The summed E-state index contributed by atoms with van der Waals surface area (Å²) in [5, 5.41) is 3.11. The molecule has 80 valence electrons. The standard InChI is InChI=1S/C9H18F3N/c1-3-13-7-8(2)5-4-6-9(10,11)12/h8,13H,3-7H2,1-2H3. The normalized spacial score (nSPS) is 14.5. The third-order valence-corrected chi connectivity index (χ3v) is 1.90. The minimum atomic E-state index is -3.99. The average molecular weight is 197 g/mol. The maximum absolute atomic E-state index is 11.7. The predicted octanol–water partition coefficient (Wildman–Crippen LogP) is 2.96. The zero-order valence-corrected chi connectivity index (χ0v) is 8.25. The van der Waals surface area contributed by atoms with Crippen LogP contribution in [0.4, 0.5) is 13.2 Å². The van der Waals surface area contributed by atoms with Crippen LogP contribution in [0, 0.1) is 5.92 Å². The van der Waals surface area contributed by atoms with Gasteiger partial charge in [0.2, 0.25) is 0 Å². The van der Waals surface area contributed by atoms with Gasteiger partial charge in [-0.25, -0.2) is 0 Å². The number of alkyl halides is 3. The lowest BCUT2D eigenvalue weighted by molar-refractivity contribution is -0.136. The highest BCUT2D eigenvalue weighted by atomic mass is 19.4. The highest BCUT2D eigenvalue weighted by molar-refractivity contribution is 4.58. The van der Waals surface area contributed by atoms with Crippen LogP contribution < -0.4 is 5.32 Å². The van der Waals surface area contributed by atoms with E-state index in [-0.39, 0.29) is 6.42 Å². The van der Waals surface area contributed by atoms with Crippen LogP contribution in [0.1, 0.15) is 33.1 Å². The van der Waals surface area contributed by atoms with Crippen LogP contribution in [0.5, 0.6) is 0 Å². The average Bonchev–Trinajstić information content (AvgIpc) is 1.98. The van der Waals surface area contributed by atoms with Crippen LogP contribution in [-0.4, -0.2) is 19.3 Å². The van der Waals surface area contributed by atoms with Crippen LogP contribution in [0.25, 0.3) is 0 Å². The van der Waals surface area contributed by atoms with E-state index in [9.17, 15) is 13.2 Å². The predicted molar refractivity (Wildman–Crippen MR) is 47.6 cm³/mol. The fourth-order valence-electron chi connectivity index (χ4n) is 1.14. The van der Waals surface area contributed by atoms with Crippen molar-refractivity contribution in [3.63, 3.8) is 0 Å². The van der Waals surface area contributed by atoms with Crippen LogP contribution in [0.3, 0.4) is 0 Å². The van der Waals surface area contributed by atoms with Crippen molar-refractivity contribution < 1.29 is 13.2 Å². The summed E-state index contributed by atoms with van der Waals surface area (Å²) in [4.78, 5) is 0. The van der Waals surface area contributed by atoms with Gasteiger partial charge in [-0.3, -0.25) is 0 Å². The summed E-state index contributed by atoms with van der Waals surface area (Å²) >= 11 is 0. The molecule has 1 atom stereocenters. The van der Waals surface area contributed by atoms with Crippen molar-refractivity contribution in [2.45, 2.75) is 39.3 Å². The molecule has 0 aliphatic carbocycles. The Morgan fingerprint density at radius 2 is 1.92 bits per heavy atom. The van der Waals surface area contributed by atoms with Gasteiger partial charge in [-0.15, -0.1) is 0 Å². The van der Waals surface area contributed by atoms with E-state index < -0.39 is 12.6 Å². The molecule has 0 aliphatic rings. The Hall–Kier alpha value is -0.250. The SMILES string of the molecule is CCNCC(C)CCCC(F)(F)F. The molecule has 1 unspecified atom stereocenters. The van der Waals surface area contributed by atoms with E-state index in [1.165, 1.54) is 0 Å². The Balaban J connectivity index is 3.31. The van der Waals surface area contributed by atoms with E-state index in [1.54, 1.807) is 0 Å². The van der Waals surface area contributed by atoms with Gasteiger partial charge in [0, 0.05) is 6.42 Å². The molecule has 0 aliphatic heterocycles. The van der Waals surface area contributed by atoms with Crippen molar-refractivity contribution in [1.82, 2.24) is 5.32 Å². The van der Waals surface area contributed by atoms with Gasteiger partial charge in [0.15, 0.2) is 0 Å². The van der Waals surface area contributed by atoms with Crippen LogP contribution >= 0.6 is 0 Å². The monoisotopic (exact) mass is 197 g/mol. The molecule has 0 aromatic carbocycles. The maximum atomic E-state index is 11.7. The Bertz CT molecular complexity index is 123. The Kier molecular flexibility index (Phi) is 6.12. The van der Waals surface area contributed by atoms with Gasteiger partial charge in [-0.1, -0.05) is 13.8 Å². The molecule has 4 heteroatoms. The van der Waals surface area contributed by atoms with E-state index in [2.05, 4.69) is 5.32 Å². The second kappa shape index (κ2) is 6.24. The first-order valence-corrected chi connectivity index (χ1v) is 4.73. The lowest BCUT2D eigenvalue weighted by Gasteiger charge is -2.12. The molecule has 0 bridgehead atoms. The molecule has 0 heterocycles. The second-order valence-corrected chi connectivity index (χ2v) is 3.42. The fraction of sp³-hybridized carbons (Fsp3) is 1.00. The van der Waals surface area contributed by atoms with Crippen molar-refractivity contribution in [2.75, 3.05) is 13.1 Å². The van der Waals surface area contributed by atoms with Crippen molar-refractivity contribution in [3.8, 4) is 0 Å². The van der Waals surface area contributed by atoms with Gasteiger partial charge < -0.3 is 5.32 Å². The van der Waals surface area contributed by atoms with Crippen molar-refractivity contribution >= 4 is 0 Å². The maximum Gasteiger partial charge on any atom is 0.389 e. The van der Waals surface area contributed by atoms with E-state index in [4.69, 9.17) is 0 Å². The highest BCUT2D eigenvalue weighted by Gasteiger charge is 2.26. The zero-order chi connectivity index (χ0) is 10.3. The van der Waals surface area contributed by atoms with Crippen LogP contribution in [0.15, 0.2) is 0 Å². The molecule has 0 aromatic rings. The molecule has 0 rings (SSSR count). The van der Waals surface area contributed by atoms with Crippen LogP contribution in [-0.2, 0) is 0 Å².